The first-order valence-electron chi connectivity index (χ1n) is 4.68. The lowest BCUT2D eigenvalue weighted by Crippen LogP contribution is -2.29. The predicted octanol–water partition coefficient (Wildman–Crippen LogP) is 1.03. The first-order valence-corrected chi connectivity index (χ1v) is 4.68. The lowest BCUT2D eigenvalue weighted by Gasteiger charge is -2.11. The Morgan fingerprint density at radius 3 is 2.75 bits per heavy atom. The van der Waals surface area contributed by atoms with E-state index in [1.54, 1.807) is 0 Å². The van der Waals surface area contributed by atoms with Crippen molar-refractivity contribution >= 4 is 5.91 Å². The van der Waals surface area contributed by atoms with Gasteiger partial charge in [-0.15, -0.1) is 0 Å². The number of nitrogens with two attached hydrogens (primary N) is 1. The van der Waals surface area contributed by atoms with Gasteiger partial charge < -0.3 is 11.1 Å². The van der Waals surface area contributed by atoms with E-state index < -0.39 is 0 Å². The van der Waals surface area contributed by atoms with Crippen molar-refractivity contribution in [1.82, 2.24) is 5.32 Å². The van der Waals surface area contributed by atoms with Gasteiger partial charge in [0.05, 0.1) is 0 Å². The molecule has 0 aliphatic heterocycles. The maximum Gasteiger partial charge on any atom is 0.218 e. The summed E-state index contributed by atoms with van der Waals surface area (Å²) in [4.78, 5) is 10.4. The zero-order valence-corrected chi connectivity index (χ0v) is 8.10. The van der Waals surface area contributed by atoms with Crippen LogP contribution >= 0.6 is 0 Å². The third-order valence-electron chi connectivity index (χ3n) is 1.85. The molecule has 3 heteroatoms. The van der Waals surface area contributed by atoms with Gasteiger partial charge in [0.25, 0.3) is 0 Å². The predicted molar refractivity (Wildman–Crippen MR) is 50.8 cm³/mol. The Bertz CT molecular complexity index is 126. The average Bonchev–Trinajstić information content (AvgIpc) is 2.00. The van der Waals surface area contributed by atoms with Gasteiger partial charge in [-0.3, -0.25) is 4.79 Å². The van der Waals surface area contributed by atoms with Crippen LogP contribution in [-0.2, 0) is 4.79 Å². The normalized spacial score (nSPS) is 12.8. The molecule has 1 amide bonds. The number of hydrogen-bond donors (Lipinski definition) is 2. The summed E-state index contributed by atoms with van der Waals surface area (Å²) in [5, 5.41) is 3.25. The van der Waals surface area contributed by atoms with Gasteiger partial charge in [-0.25, -0.2) is 0 Å². The number of hydrogen-bond acceptors (Lipinski definition) is 2. The summed E-state index contributed by atoms with van der Waals surface area (Å²) in [6, 6.07) is 0.504. The molecule has 0 rings (SSSR count). The molecule has 0 aromatic heterocycles. The number of primary amides is 1. The van der Waals surface area contributed by atoms with Crippen LogP contribution < -0.4 is 11.1 Å². The topological polar surface area (TPSA) is 55.1 Å². The molecule has 1 unspecified atom stereocenters. The molecule has 0 spiro atoms. The van der Waals surface area contributed by atoms with Crippen molar-refractivity contribution in [3.8, 4) is 0 Å². The summed E-state index contributed by atoms with van der Waals surface area (Å²) < 4.78 is 0. The number of unbranched alkanes of at least 4 members (excludes halogenated alkanes) is 1. The second-order valence-corrected chi connectivity index (χ2v) is 3.21. The van der Waals surface area contributed by atoms with Crippen LogP contribution in [0.1, 0.15) is 39.5 Å². The van der Waals surface area contributed by atoms with Gasteiger partial charge in [0.15, 0.2) is 0 Å². The molecule has 3 nitrogen and oxygen atoms in total. The largest absolute Gasteiger partial charge is 0.370 e. The minimum atomic E-state index is -0.231. The van der Waals surface area contributed by atoms with E-state index in [1.165, 1.54) is 19.3 Å². The summed E-state index contributed by atoms with van der Waals surface area (Å²) >= 11 is 0. The maximum absolute atomic E-state index is 10.4. The Labute approximate surface area is 74.7 Å². The zero-order chi connectivity index (χ0) is 9.40. The molecule has 1 atom stereocenters. The lowest BCUT2D eigenvalue weighted by molar-refractivity contribution is -0.117. The summed E-state index contributed by atoms with van der Waals surface area (Å²) in [7, 11) is 0. The molecule has 72 valence electrons. The van der Waals surface area contributed by atoms with Crippen LogP contribution in [0.5, 0.6) is 0 Å². The Hall–Kier alpha value is -0.570. The molecule has 3 N–H and O–H groups in total. The summed E-state index contributed by atoms with van der Waals surface area (Å²) in [5.41, 5.74) is 5.00. The highest BCUT2D eigenvalue weighted by Gasteiger charge is 2.00. The van der Waals surface area contributed by atoms with Gasteiger partial charge in [-0.1, -0.05) is 19.8 Å². The van der Waals surface area contributed by atoms with Crippen molar-refractivity contribution in [2.24, 2.45) is 5.73 Å². The third kappa shape index (κ3) is 7.54. The Morgan fingerprint density at radius 2 is 2.25 bits per heavy atom. The second kappa shape index (κ2) is 7.10. The van der Waals surface area contributed by atoms with E-state index in [0.717, 1.165) is 0 Å². The van der Waals surface area contributed by atoms with Crippen LogP contribution in [0.2, 0.25) is 0 Å². The summed E-state index contributed by atoms with van der Waals surface area (Å²) in [6.07, 6.45) is 4.08. The van der Waals surface area contributed by atoms with Crippen molar-refractivity contribution in [2.75, 3.05) is 6.54 Å². The van der Waals surface area contributed by atoms with Gasteiger partial charge in [0.2, 0.25) is 5.91 Å². The standard InChI is InChI=1S/C9H20N2O/c1-3-4-5-8(2)11-7-6-9(10)12/h8,11H,3-7H2,1-2H3,(H2,10,12). The van der Waals surface area contributed by atoms with Gasteiger partial charge in [0, 0.05) is 19.0 Å². The van der Waals surface area contributed by atoms with Crippen molar-refractivity contribution < 1.29 is 4.79 Å². The van der Waals surface area contributed by atoms with Crippen molar-refractivity contribution in [1.29, 1.82) is 0 Å². The molecule has 0 aliphatic carbocycles. The average molecular weight is 172 g/mol. The van der Waals surface area contributed by atoms with E-state index in [0.29, 0.717) is 19.0 Å². The van der Waals surface area contributed by atoms with Gasteiger partial charge >= 0.3 is 0 Å². The first-order chi connectivity index (χ1) is 5.66. The molecule has 12 heavy (non-hydrogen) atoms. The van der Waals surface area contributed by atoms with Gasteiger partial charge in [-0.05, 0) is 13.3 Å². The quantitative estimate of drug-likeness (QED) is 0.602. The minimum Gasteiger partial charge on any atom is -0.370 e. The van der Waals surface area contributed by atoms with Crippen LogP contribution in [-0.4, -0.2) is 18.5 Å². The lowest BCUT2D eigenvalue weighted by atomic mass is 10.1. The molecule has 0 fully saturated rings. The van der Waals surface area contributed by atoms with Crippen molar-refractivity contribution in [3.05, 3.63) is 0 Å². The zero-order valence-electron chi connectivity index (χ0n) is 8.10. The SMILES string of the molecule is CCCCC(C)NCCC(N)=O. The molecule has 0 aromatic carbocycles. The van der Waals surface area contributed by atoms with Gasteiger partial charge in [-0.2, -0.15) is 0 Å². The molecule has 0 bridgehead atoms. The highest BCUT2D eigenvalue weighted by molar-refractivity contribution is 5.73. The monoisotopic (exact) mass is 172 g/mol. The van der Waals surface area contributed by atoms with Crippen molar-refractivity contribution in [3.63, 3.8) is 0 Å². The number of carbonyl (C=O) groups is 1. The van der Waals surface area contributed by atoms with E-state index in [2.05, 4.69) is 19.2 Å². The summed E-state index contributed by atoms with van der Waals surface area (Å²) in [6.45, 7) is 5.02. The molecular formula is C9H20N2O. The maximum atomic E-state index is 10.4. The molecule has 0 aliphatic rings. The summed E-state index contributed by atoms with van der Waals surface area (Å²) in [5.74, 6) is -0.231. The van der Waals surface area contributed by atoms with E-state index in [4.69, 9.17) is 5.73 Å². The third-order valence-corrected chi connectivity index (χ3v) is 1.85. The molecular weight excluding hydrogens is 152 g/mol. The van der Waals surface area contributed by atoms with Crippen LogP contribution in [0, 0.1) is 0 Å². The fourth-order valence-corrected chi connectivity index (χ4v) is 1.05. The number of carbonyl (C=O) groups excluding carboxylic acids is 1. The molecule has 0 saturated carbocycles. The van der Waals surface area contributed by atoms with Crippen LogP contribution in [0.3, 0.4) is 0 Å². The molecule has 0 heterocycles. The molecule has 0 radical (unpaired) electrons. The molecule has 0 aromatic rings. The minimum absolute atomic E-state index is 0.231. The Kier molecular flexibility index (Phi) is 6.76. The van der Waals surface area contributed by atoms with Crippen molar-refractivity contribution in [2.45, 2.75) is 45.6 Å². The number of rotatable bonds is 7. The van der Waals surface area contributed by atoms with Gasteiger partial charge in [0.1, 0.15) is 0 Å². The van der Waals surface area contributed by atoms with Crippen LogP contribution in [0.4, 0.5) is 0 Å². The van der Waals surface area contributed by atoms with E-state index in [-0.39, 0.29) is 5.91 Å². The Morgan fingerprint density at radius 1 is 1.58 bits per heavy atom. The number of nitrogens with one attached hydrogen (secondary N) is 1. The Balaban J connectivity index is 3.19. The fourth-order valence-electron chi connectivity index (χ4n) is 1.05. The number of amides is 1. The van der Waals surface area contributed by atoms with E-state index in [1.807, 2.05) is 0 Å². The molecule has 0 saturated heterocycles. The fraction of sp³-hybridized carbons (Fsp3) is 0.889. The highest BCUT2D eigenvalue weighted by Crippen LogP contribution is 1.98. The van der Waals surface area contributed by atoms with E-state index >= 15 is 0 Å². The second-order valence-electron chi connectivity index (χ2n) is 3.21. The van der Waals surface area contributed by atoms with Crippen LogP contribution in [0.25, 0.3) is 0 Å². The van der Waals surface area contributed by atoms with E-state index in [9.17, 15) is 4.79 Å². The highest BCUT2D eigenvalue weighted by atomic mass is 16.1. The first kappa shape index (κ1) is 11.4. The smallest absolute Gasteiger partial charge is 0.218 e. The van der Waals surface area contributed by atoms with Crippen LogP contribution in [0.15, 0.2) is 0 Å².